The molecule has 0 amide bonds. The van der Waals surface area contributed by atoms with Gasteiger partial charge in [0.15, 0.2) is 5.78 Å². The average Bonchev–Trinajstić information content (AvgIpc) is 3.13. The van der Waals surface area contributed by atoms with E-state index < -0.39 is 0 Å². The molecule has 0 radical (unpaired) electrons. The molecule has 5 rings (SSSR count). The monoisotopic (exact) mass is 354 g/mol. The zero-order valence-electron chi connectivity index (χ0n) is 14.7. The Balaban J connectivity index is 1.62. The second-order valence-electron chi connectivity index (χ2n) is 6.98. The minimum Gasteiger partial charge on any atom is -0.438 e. The molecule has 1 atom stereocenters. The Hall–Kier alpha value is -3.40. The molecule has 0 spiro atoms. The quantitative estimate of drug-likeness (QED) is 0.550. The maximum atomic E-state index is 12.9. The number of hydrogen-bond donors (Lipinski definition) is 1. The van der Waals surface area contributed by atoms with Gasteiger partial charge < -0.3 is 10.2 Å². The van der Waals surface area contributed by atoms with Gasteiger partial charge in [0.25, 0.3) is 0 Å². The molecule has 0 aliphatic heterocycles. The SMILES string of the molecule is Nc1c2c(nc3oc(-c4ccccc4)cc13)CC(c1ccccc1)CC2=O. The van der Waals surface area contributed by atoms with Crippen LogP contribution in [0.2, 0.25) is 0 Å². The van der Waals surface area contributed by atoms with E-state index in [2.05, 4.69) is 17.1 Å². The maximum Gasteiger partial charge on any atom is 0.229 e. The van der Waals surface area contributed by atoms with Gasteiger partial charge in [-0.1, -0.05) is 60.7 Å². The topological polar surface area (TPSA) is 69.1 Å². The number of rotatable bonds is 2. The summed E-state index contributed by atoms with van der Waals surface area (Å²) in [5.74, 6) is 0.887. The number of anilines is 1. The number of aromatic nitrogens is 1. The highest BCUT2D eigenvalue weighted by Crippen LogP contribution is 2.39. The molecule has 2 N–H and O–H groups in total. The molecule has 27 heavy (non-hydrogen) atoms. The highest BCUT2D eigenvalue weighted by molar-refractivity contribution is 6.09. The summed E-state index contributed by atoms with van der Waals surface area (Å²) in [5, 5.41) is 0.708. The summed E-state index contributed by atoms with van der Waals surface area (Å²) in [6.07, 6.45) is 1.14. The van der Waals surface area contributed by atoms with E-state index in [-0.39, 0.29) is 11.7 Å². The van der Waals surface area contributed by atoms with Crippen LogP contribution in [0.15, 0.2) is 71.1 Å². The molecule has 1 unspecified atom stereocenters. The molecule has 132 valence electrons. The van der Waals surface area contributed by atoms with Crippen molar-refractivity contribution in [3.63, 3.8) is 0 Å². The minimum atomic E-state index is 0.0551. The molecule has 4 nitrogen and oxygen atoms in total. The van der Waals surface area contributed by atoms with Crippen LogP contribution in [0.4, 0.5) is 5.69 Å². The molecular weight excluding hydrogens is 336 g/mol. The molecule has 0 saturated heterocycles. The fourth-order valence-electron chi connectivity index (χ4n) is 3.92. The molecule has 2 aromatic carbocycles. The number of benzene rings is 2. The Bertz CT molecular complexity index is 1150. The number of Topliss-reactive ketones (excluding diaryl/α,β-unsaturated/α-hetero) is 1. The molecule has 4 aromatic rings. The van der Waals surface area contributed by atoms with Crippen molar-refractivity contribution in [3.05, 3.63) is 83.6 Å². The number of nitrogens with zero attached hydrogens (tertiary/aromatic N) is 1. The predicted molar refractivity (Wildman–Crippen MR) is 106 cm³/mol. The first-order chi connectivity index (χ1) is 13.2. The fourth-order valence-corrected chi connectivity index (χ4v) is 3.92. The van der Waals surface area contributed by atoms with Crippen molar-refractivity contribution in [2.75, 3.05) is 5.73 Å². The standard InChI is InChI=1S/C23H18N2O2/c24-22-17-13-20(15-9-5-2-6-10-15)27-23(17)25-18-11-16(12-19(26)21(18)22)14-7-3-1-4-8-14/h1-10,13,16H,11-12H2,(H2,24,25). The predicted octanol–water partition coefficient (Wildman–Crippen LogP) is 4.99. The summed E-state index contributed by atoms with van der Waals surface area (Å²) in [6.45, 7) is 0. The van der Waals surface area contributed by atoms with Crippen LogP contribution in [0.5, 0.6) is 0 Å². The number of hydrogen-bond acceptors (Lipinski definition) is 4. The van der Waals surface area contributed by atoms with Crippen LogP contribution < -0.4 is 5.73 Å². The third kappa shape index (κ3) is 2.61. The second-order valence-corrected chi connectivity index (χ2v) is 6.98. The highest BCUT2D eigenvalue weighted by Gasteiger charge is 2.31. The lowest BCUT2D eigenvalue weighted by molar-refractivity contribution is 0.0964. The van der Waals surface area contributed by atoms with E-state index in [4.69, 9.17) is 10.2 Å². The third-order valence-corrected chi connectivity index (χ3v) is 5.28. The summed E-state index contributed by atoms with van der Waals surface area (Å²) in [6, 6.07) is 21.8. The Kier molecular flexibility index (Phi) is 3.57. The molecule has 1 aliphatic rings. The smallest absolute Gasteiger partial charge is 0.229 e. The minimum absolute atomic E-state index is 0.0551. The molecule has 0 fully saturated rings. The van der Waals surface area contributed by atoms with E-state index in [0.717, 1.165) is 16.8 Å². The third-order valence-electron chi connectivity index (χ3n) is 5.28. The number of pyridine rings is 1. The van der Waals surface area contributed by atoms with Crippen molar-refractivity contribution >= 4 is 22.6 Å². The van der Waals surface area contributed by atoms with Crippen LogP contribution in [0.1, 0.15) is 34.0 Å². The van der Waals surface area contributed by atoms with E-state index in [1.165, 1.54) is 0 Å². The molecule has 2 heterocycles. The largest absolute Gasteiger partial charge is 0.438 e. The lowest BCUT2D eigenvalue weighted by Crippen LogP contribution is -2.21. The van der Waals surface area contributed by atoms with Gasteiger partial charge in [0.2, 0.25) is 5.71 Å². The van der Waals surface area contributed by atoms with Crippen LogP contribution in [0.25, 0.3) is 22.4 Å². The van der Waals surface area contributed by atoms with E-state index in [1.807, 2.05) is 54.6 Å². The first kappa shape index (κ1) is 15.8. The summed E-state index contributed by atoms with van der Waals surface area (Å²) < 4.78 is 5.97. The number of nitrogen functional groups attached to an aromatic ring is 1. The summed E-state index contributed by atoms with van der Waals surface area (Å²) >= 11 is 0. The van der Waals surface area contributed by atoms with E-state index in [1.54, 1.807) is 0 Å². The van der Waals surface area contributed by atoms with Crippen LogP contribution in [-0.4, -0.2) is 10.8 Å². The van der Waals surface area contributed by atoms with Gasteiger partial charge in [0, 0.05) is 12.0 Å². The number of fused-ring (bicyclic) bond motifs is 2. The normalized spacial score (nSPS) is 16.4. The van der Waals surface area contributed by atoms with Crippen LogP contribution >= 0.6 is 0 Å². The average molecular weight is 354 g/mol. The first-order valence-electron chi connectivity index (χ1n) is 9.06. The maximum absolute atomic E-state index is 12.9. The summed E-state index contributed by atoms with van der Waals surface area (Å²) in [7, 11) is 0. The van der Waals surface area contributed by atoms with Crippen LogP contribution in [-0.2, 0) is 6.42 Å². The van der Waals surface area contributed by atoms with Crippen molar-refractivity contribution in [3.8, 4) is 11.3 Å². The van der Waals surface area contributed by atoms with Crippen molar-refractivity contribution in [2.45, 2.75) is 18.8 Å². The lowest BCUT2D eigenvalue weighted by Gasteiger charge is -2.24. The number of carbonyl (C=O) groups is 1. The lowest BCUT2D eigenvalue weighted by atomic mass is 9.81. The Morgan fingerprint density at radius 3 is 2.41 bits per heavy atom. The van der Waals surface area contributed by atoms with Gasteiger partial charge in [-0.2, -0.15) is 0 Å². The summed E-state index contributed by atoms with van der Waals surface area (Å²) in [5.41, 5.74) is 10.8. The van der Waals surface area contributed by atoms with Crippen LogP contribution in [0.3, 0.4) is 0 Å². The van der Waals surface area contributed by atoms with Gasteiger partial charge in [-0.15, -0.1) is 0 Å². The molecular formula is C23H18N2O2. The first-order valence-corrected chi connectivity index (χ1v) is 9.06. The number of furan rings is 1. The van der Waals surface area contributed by atoms with Crippen molar-refractivity contribution in [1.29, 1.82) is 0 Å². The molecule has 0 bridgehead atoms. The zero-order valence-corrected chi connectivity index (χ0v) is 14.7. The van der Waals surface area contributed by atoms with Gasteiger partial charge in [-0.3, -0.25) is 4.79 Å². The second kappa shape index (κ2) is 6.09. The van der Waals surface area contributed by atoms with E-state index in [9.17, 15) is 4.79 Å². The van der Waals surface area contributed by atoms with E-state index >= 15 is 0 Å². The highest BCUT2D eigenvalue weighted by atomic mass is 16.3. The molecule has 4 heteroatoms. The van der Waals surface area contributed by atoms with Crippen LogP contribution in [0, 0.1) is 0 Å². The van der Waals surface area contributed by atoms with Gasteiger partial charge >= 0.3 is 0 Å². The molecule has 1 aliphatic carbocycles. The number of ketones is 1. The van der Waals surface area contributed by atoms with Gasteiger partial charge in [0.1, 0.15) is 5.76 Å². The Morgan fingerprint density at radius 1 is 0.963 bits per heavy atom. The van der Waals surface area contributed by atoms with E-state index in [0.29, 0.717) is 41.0 Å². The Morgan fingerprint density at radius 2 is 1.67 bits per heavy atom. The van der Waals surface area contributed by atoms with Crippen molar-refractivity contribution < 1.29 is 9.21 Å². The zero-order chi connectivity index (χ0) is 18.4. The fraction of sp³-hybridized carbons (Fsp3) is 0.130. The van der Waals surface area contributed by atoms with Gasteiger partial charge in [0.05, 0.1) is 22.3 Å². The molecule has 2 aromatic heterocycles. The summed E-state index contributed by atoms with van der Waals surface area (Å²) in [4.78, 5) is 17.5. The van der Waals surface area contributed by atoms with Crippen molar-refractivity contribution in [1.82, 2.24) is 4.98 Å². The number of nitrogens with two attached hydrogens (primary N) is 1. The van der Waals surface area contributed by atoms with Gasteiger partial charge in [-0.25, -0.2) is 4.98 Å². The van der Waals surface area contributed by atoms with Crippen molar-refractivity contribution in [2.24, 2.45) is 0 Å². The molecule has 0 saturated carbocycles. The number of carbonyl (C=O) groups excluding carboxylic acids is 1. The Labute approximate surface area is 156 Å². The van der Waals surface area contributed by atoms with Gasteiger partial charge in [-0.05, 0) is 24.0 Å².